The highest BCUT2D eigenvalue weighted by molar-refractivity contribution is 7.45. The van der Waals surface area contributed by atoms with E-state index in [1.807, 2.05) is 21.1 Å². The van der Waals surface area contributed by atoms with Crippen molar-refractivity contribution in [2.45, 2.75) is 354 Å². The summed E-state index contributed by atoms with van der Waals surface area (Å²) in [4.78, 5) is 38.1. The van der Waals surface area contributed by atoms with Crippen LogP contribution >= 0.6 is 7.82 Å². The van der Waals surface area contributed by atoms with Crippen molar-refractivity contribution < 1.29 is 42.1 Å². The standard InChI is InChI=1S/C74H138NO8P/c1-6-8-10-12-14-16-18-20-22-24-26-28-30-32-34-35-36-37-38-39-41-43-45-47-49-51-53-55-57-59-61-63-65-67-74(77)83-72(71-82-84(78,79)81-69-68-75(3,4)5)70-80-73(76)66-64-62-60-58-56-54-52-50-48-46-44-42-40-33-31-29-27-25-23-21-19-17-15-13-11-9-7-2/h8,10,14,16,20,22,26,28,32,34,72H,6-7,9,11-13,15,17-19,21,23-25,27,29-31,33,35-71H2,1-5H3/b10-8-,16-14-,22-20-,28-26-,34-32-. The van der Waals surface area contributed by atoms with Crippen molar-refractivity contribution in [2.24, 2.45) is 0 Å². The smallest absolute Gasteiger partial charge is 0.306 e. The summed E-state index contributed by atoms with van der Waals surface area (Å²) in [6.07, 6.45) is 86.0. The molecule has 10 heteroatoms. The van der Waals surface area contributed by atoms with Crippen LogP contribution in [-0.2, 0) is 32.7 Å². The first-order valence-electron chi connectivity index (χ1n) is 36.0. The van der Waals surface area contributed by atoms with E-state index in [2.05, 4.69) is 74.6 Å². The minimum Gasteiger partial charge on any atom is -0.756 e. The molecule has 0 N–H and O–H groups in total. The lowest BCUT2D eigenvalue weighted by atomic mass is 10.0. The lowest BCUT2D eigenvalue weighted by molar-refractivity contribution is -0.870. The molecule has 0 aliphatic rings. The third-order valence-electron chi connectivity index (χ3n) is 16.1. The molecular weight excluding hydrogens is 1060 g/mol. The molecule has 0 aromatic heterocycles. The van der Waals surface area contributed by atoms with Gasteiger partial charge in [-0.25, -0.2) is 0 Å². The molecule has 0 aromatic carbocycles. The number of phosphoric acid groups is 1. The maximum Gasteiger partial charge on any atom is 0.306 e. The van der Waals surface area contributed by atoms with Gasteiger partial charge < -0.3 is 27.9 Å². The molecule has 0 radical (unpaired) electrons. The second kappa shape index (κ2) is 65.2. The second-order valence-electron chi connectivity index (χ2n) is 25.6. The van der Waals surface area contributed by atoms with Gasteiger partial charge in [-0.2, -0.15) is 0 Å². The Balaban J connectivity index is 3.99. The Hall–Kier alpha value is -2.29. The number of quaternary nitrogens is 1. The van der Waals surface area contributed by atoms with Gasteiger partial charge in [-0.1, -0.05) is 338 Å². The van der Waals surface area contributed by atoms with E-state index in [4.69, 9.17) is 18.5 Å². The third kappa shape index (κ3) is 68.8. The predicted octanol–water partition coefficient (Wildman–Crippen LogP) is 22.8. The topological polar surface area (TPSA) is 111 Å². The summed E-state index contributed by atoms with van der Waals surface area (Å²) in [5.41, 5.74) is 0. The molecule has 0 amide bonds. The van der Waals surface area contributed by atoms with Crippen molar-refractivity contribution in [1.29, 1.82) is 0 Å². The number of nitrogens with zero attached hydrogens (tertiary/aromatic N) is 1. The average Bonchev–Trinajstić information content (AvgIpc) is 3.61. The monoisotopic (exact) mass is 1200 g/mol. The van der Waals surface area contributed by atoms with Crippen molar-refractivity contribution in [2.75, 3.05) is 47.5 Å². The summed E-state index contributed by atoms with van der Waals surface area (Å²) in [5, 5.41) is 0. The number of ether oxygens (including phenoxy) is 2. The van der Waals surface area contributed by atoms with Crippen molar-refractivity contribution >= 4 is 19.8 Å². The number of carbonyl (C=O) groups is 2. The fourth-order valence-corrected chi connectivity index (χ4v) is 11.3. The van der Waals surface area contributed by atoms with Gasteiger partial charge in [0.25, 0.3) is 7.82 Å². The first-order valence-corrected chi connectivity index (χ1v) is 37.5. The normalized spacial score (nSPS) is 13.5. The molecule has 0 saturated carbocycles. The van der Waals surface area contributed by atoms with Gasteiger partial charge in [0.05, 0.1) is 27.7 Å². The number of unbranched alkanes of at least 4 members (excludes halogenated alkanes) is 43. The highest BCUT2D eigenvalue weighted by atomic mass is 31.2. The van der Waals surface area contributed by atoms with Crippen LogP contribution in [-0.4, -0.2) is 70.0 Å². The van der Waals surface area contributed by atoms with E-state index in [1.54, 1.807) is 0 Å². The first-order chi connectivity index (χ1) is 41.0. The third-order valence-corrected chi connectivity index (χ3v) is 17.0. The van der Waals surface area contributed by atoms with E-state index < -0.39 is 26.5 Å². The molecular formula is C74H138NO8P. The van der Waals surface area contributed by atoms with E-state index in [0.29, 0.717) is 17.4 Å². The maximum atomic E-state index is 12.9. The number of likely N-dealkylation sites (N-methyl/N-ethyl adjacent to an activating group) is 1. The average molecular weight is 1200 g/mol. The van der Waals surface area contributed by atoms with Crippen molar-refractivity contribution in [3.63, 3.8) is 0 Å². The molecule has 9 nitrogen and oxygen atoms in total. The summed E-state index contributed by atoms with van der Waals surface area (Å²) in [6.45, 7) is 4.19. The van der Waals surface area contributed by atoms with E-state index >= 15 is 0 Å². The summed E-state index contributed by atoms with van der Waals surface area (Å²) in [5.74, 6) is -0.814. The number of allylic oxidation sites excluding steroid dienone is 10. The van der Waals surface area contributed by atoms with Crippen molar-refractivity contribution in [3.05, 3.63) is 60.8 Å². The Morgan fingerprint density at radius 2 is 0.679 bits per heavy atom. The van der Waals surface area contributed by atoms with Gasteiger partial charge >= 0.3 is 11.9 Å². The van der Waals surface area contributed by atoms with Crippen LogP contribution in [0, 0.1) is 0 Å². The van der Waals surface area contributed by atoms with Crippen LogP contribution in [0.4, 0.5) is 0 Å². The largest absolute Gasteiger partial charge is 0.756 e. The first kappa shape index (κ1) is 81.7. The van der Waals surface area contributed by atoms with Gasteiger partial charge in [-0.3, -0.25) is 14.2 Å². The Labute approximate surface area is 521 Å². The second-order valence-corrected chi connectivity index (χ2v) is 27.0. The van der Waals surface area contributed by atoms with Crippen LogP contribution in [0.2, 0.25) is 0 Å². The Kier molecular flexibility index (Phi) is 63.4. The zero-order valence-corrected chi connectivity index (χ0v) is 57.0. The van der Waals surface area contributed by atoms with E-state index in [9.17, 15) is 19.0 Å². The van der Waals surface area contributed by atoms with Gasteiger partial charge in [0.1, 0.15) is 19.8 Å². The number of hydrogen-bond acceptors (Lipinski definition) is 8. The molecule has 0 aromatic rings. The summed E-state index contributed by atoms with van der Waals surface area (Å²) in [7, 11) is 1.18. The van der Waals surface area contributed by atoms with Crippen LogP contribution in [0.5, 0.6) is 0 Å². The van der Waals surface area contributed by atoms with Gasteiger partial charge in [0.2, 0.25) is 0 Å². The molecule has 492 valence electrons. The molecule has 0 spiro atoms. The van der Waals surface area contributed by atoms with Crippen LogP contribution in [0.3, 0.4) is 0 Å². The number of hydrogen-bond donors (Lipinski definition) is 0. The molecule has 0 aliphatic carbocycles. The molecule has 0 heterocycles. The maximum absolute atomic E-state index is 12.9. The van der Waals surface area contributed by atoms with Crippen molar-refractivity contribution in [3.8, 4) is 0 Å². The molecule has 0 fully saturated rings. The SMILES string of the molecule is CC/C=C\C/C=C\C/C=C\C/C=C\C/C=C\CCCCCCCCCCCCCCCCCCCC(=O)OC(COC(=O)CCCCCCCCCCCCCCCCCCCCCCCCCCCCC)COP(=O)([O-])OCC[N+](C)(C)C. The highest BCUT2D eigenvalue weighted by Crippen LogP contribution is 2.38. The number of phosphoric ester groups is 1. The molecule has 2 unspecified atom stereocenters. The van der Waals surface area contributed by atoms with Gasteiger partial charge in [-0.15, -0.1) is 0 Å². The minimum atomic E-state index is -4.64. The fourth-order valence-electron chi connectivity index (χ4n) is 10.6. The highest BCUT2D eigenvalue weighted by Gasteiger charge is 2.22. The zero-order chi connectivity index (χ0) is 61.2. The van der Waals surface area contributed by atoms with Crippen molar-refractivity contribution in [1.82, 2.24) is 0 Å². The number of rotatable bonds is 67. The van der Waals surface area contributed by atoms with Crippen LogP contribution in [0.15, 0.2) is 60.8 Å². The molecule has 2 atom stereocenters. The predicted molar refractivity (Wildman–Crippen MR) is 360 cm³/mol. The summed E-state index contributed by atoms with van der Waals surface area (Å²) >= 11 is 0. The molecule has 84 heavy (non-hydrogen) atoms. The van der Waals surface area contributed by atoms with E-state index in [-0.39, 0.29) is 32.0 Å². The van der Waals surface area contributed by atoms with Crippen LogP contribution < -0.4 is 4.89 Å². The Morgan fingerprint density at radius 3 is 1.01 bits per heavy atom. The fraction of sp³-hybridized carbons (Fsp3) is 0.838. The minimum absolute atomic E-state index is 0.0291. The molecule has 0 rings (SSSR count). The van der Waals surface area contributed by atoms with E-state index in [1.165, 1.54) is 244 Å². The van der Waals surface area contributed by atoms with Crippen LogP contribution in [0.25, 0.3) is 0 Å². The summed E-state index contributed by atoms with van der Waals surface area (Å²) in [6, 6.07) is 0. The van der Waals surface area contributed by atoms with Crippen LogP contribution in [0.1, 0.15) is 348 Å². The molecule has 0 bridgehead atoms. The molecule has 0 aliphatic heterocycles. The van der Waals surface area contributed by atoms with Gasteiger partial charge in [0.15, 0.2) is 6.10 Å². The van der Waals surface area contributed by atoms with Gasteiger partial charge in [0, 0.05) is 12.8 Å². The summed E-state index contributed by atoms with van der Waals surface area (Å²) < 4.78 is 34.4. The lowest BCUT2D eigenvalue weighted by Gasteiger charge is -2.28. The Bertz CT molecular complexity index is 1600. The molecule has 0 saturated heterocycles. The number of esters is 2. The Morgan fingerprint density at radius 1 is 0.381 bits per heavy atom. The zero-order valence-electron chi connectivity index (χ0n) is 56.1. The lowest BCUT2D eigenvalue weighted by Crippen LogP contribution is -2.37. The van der Waals surface area contributed by atoms with Gasteiger partial charge in [-0.05, 0) is 57.8 Å². The quantitative estimate of drug-likeness (QED) is 0.0195. The number of carbonyl (C=O) groups excluding carboxylic acids is 2. The van der Waals surface area contributed by atoms with E-state index in [0.717, 1.165) is 70.6 Å².